The van der Waals surface area contributed by atoms with Crippen LogP contribution in [-0.4, -0.2) is 22.4 Å². The van der Waals surface area contributed by atoms with E-state index in [0.29, 0.717) is 0 Å². The summed E-state index contributed by atoms with van der Waals surface area (Å²) in [6, 6.07) is 0. The maximum Gasteiger partial charge on any atom is 1.00 e. The van der Waals surface area contributed by atoms with Crippen molar-refractivity contribution >= 4 is 82.2 Å². The normalized spacial score (nSPS) is 3.00. The van der Waals surface area contributed by atoms with E-state index >= 15 is 0 Å². The minimum Gasteiger partial charge on any atom is -1.00 e. The van der Waals surface area contributed by atoms with Crippen LogP contribution in [0.1, 0.15) is 1.43 Å². The van der Waals surface area contributed by atoms with Gasteiger partial charge in [0.05, 0.1) is 0 Å². The van der Waals surface area contributed by atoms with Gasteiger partial charge in [0.2, 0.25) is 0 Å². The number of hydrogen-bond acceptors (Lipinski definition) is 3. The molecule has 9 heteroatoms. The third-order valence-electron chi connectivity index (χ3n) is 0. The van der Waals surface area contributed by atoms with Crippen molar-refractivity contribution in [3.8, 4) is 0 Å². The summed E-state index contributed by atoms with van der Waals surface area (Å²) in [5, 5.41) is 21.5. The molecule has 0 aromatic heterocycles. The Morgan fingerprint density at radius 2 is 0.889 bits per heavy atom. The van der Waals surface area contributed by atoms with Crippen molar-refractivity contribution in [3.63, 3.8) is 0 Å². The molecule has 0 heterocycles. The Morgan fingerprint density at radius 1 is 0.889 bits per heavy atom. The van der Waals surface area contributed by atoms with Crippen LogP contribution >= 0.6 is 74.9 Å². The Balaban J connectivity index is -0.00000000300. The molecule has 0 rings (SSSR count). The monoisotopic (exact) mass is 438 g/mol. The largest absolute Gasteiger partial charge is 1.00 e. The summed E-state index contributed by atoms with van der Waals surface area (Å²) in [5.41, 5.74) is 0. The van der Waals surface area contributed by atoms with E-state index in [1.165, 1.54) is 0 Å². The van der Waals surface area contributed by atoms with E-state index in [1.807, 2.05) is 0 Å². The number of rotatable bonds is 0. The van der Waals surface area contributed by atoms with Crippen molar-refractivity contribution in [2.75, 3.05) is 0 Å². The van der Waals surface area contributed by atoms with Crippen LogP contribution in [0.4, 0.5) is 0 Å². The number of halogens is 4. The zero-order valence-electron chi connectivity index (χ0n) is 5.55. The fourth-order valence-corrected chi connectivity index (χ4v) is 0. The second-order valence-electron chi connectivity index (χ2n) is 0.346. The molecule has 0 fully saturated rings. The van der Waals surface area contributed by atoms with Gasteiger partial charge in [-0.3, -0.25) is 0 Å². The quantitative estimate of drug-likeness (QED) is 0.287. The molecule has 0 saturated carbocycles. The fourth-order valence-electron chi connectivity index (χ4n) is 0. The molecule has 0 unspecified atom stereocenters. The van der Waals surface area contributed by atoms with Crippen LogP contribution in [0.15, 0.2) is 0 Å². The van der Waals surface area contributed by atoms with Gasteiger partial charge in [0.15, 0.2) is 0 Å². The van der Waals surface area contributed by atoms with Gasteiger partial charge in [0.1, 0.15) is 0 Å². The first-order chi connectivity index (χ1) is 1.73. The SMILES string of the molecule is Br.Br.Br.I.OB(O)O.[H-].[Li+]. The van der Waals surface area contributed by atoms with E-state index in [2.05, 4.69) is 0 Å². The predicted octanol–water partition coefficient (Wildman–Crippen LogP) is -2.58. The van der Waals surface area contributed by atoms with Gasteiger partial charge in [-0.2, -0.15) is 0 Å². The van der Waals surface area contributed by atoms with Gasteiger partial charge in [-0.05, 0) is 0 Å². The van der Waals surface area contributed by atoms with Gasteiger partial charge in [-0.15, -0.1) is 74.9 Å². The smallest absolute Gasteiger partial charge is 1.00 e. The minimum absolute atomic E-state index is 0. The van der Waals surface area contributed by atoms with Gasteiger partial charge in [0.25, 0.3) is 0 Å². The van der Waals surface area contributed by atoms with Gasteiger partial charge < -0.3 is 16.5 Å². The van der Waals surface area contributed by atoms with Crippen LogP contribution in [0.25, 0.3) is 0 Å². The summed E-state index contributed by atoms with van der Waals surface area (Å²) < 4.78 is 0. The molecular weight excluding hydrogens is 432 g/mol. The molecule has 3 nitrogen and oxygen atoms in total. The van der Waals surface area contributed by atoms with E-state index in [-0.39, 0.29) is 95.2 Å². The van der Waals surface area contributed by atoms with E-state index in [1.54, 1.807) is 0 Å². The molecule has 0 spiro atoms. The molecule has 0 saturated heterocycles. The van der Waals surface area contributed by atoms with Gasteiger partial charge in [0, 0.05) is 0 Å². The molecular formula is H8BBr3ILiO3. The van der Waals surface area contributed by atoms with Gasteiger partial charge >= 0.3 is 26.2 Å². The third-order valence-corrected chi connectivity index (χ3v) is 0. The average molecular weight is 440 g/mol. The van der Waals surface area contributed by atoms with Crippen molar-refractivity contribution in [1.82, 2.24) is 0 Å². The average Bonchev–Trinajstić information content (AvgIpc) is 0.811. The Hall–Kier alpha value is 2.71. The van der Waals surface area contributed by atoms with Crippen molar-refractivity contribution in [2.24, 2.45) is 0 Å². The van der Waals surface area contributed by atoms with Crippen LogP contribution in [0.5, 0.6) is 0 Å². The third kappa shape index (κ3) is 111. The maximum atomic E-state index is 7.17. The summed E-state index contributed by atoms with van der Waals surface area (Å²) in [4.78, 5) is 0. The Kier molecular flexibility index (Phi) is 142. The van der Waals surface area contributed by atoms with Crippen LogP contribution in [0.3, 0.4) is 0 Å². The Labute approximate surface area is 116 Å². The summed E-state index contributed by atoms with van der Waals surface area (Å²) in [5.74, 6) is 0. The van der Waals surface area contributed by atoms with Crippen molar-refractivity contribution in [2.45, 2.75) is 0 Å². The van der Waals surface area contributed by atoms with Crippen molar-refractivity contribution in [3.05, 3.63) is 0 Å². The van der Waals surface area contributed by atoms with Crippen molar-refractivity contribution < 1.29 is 35.4 Å². The zero-order chi connectivity index (χ0) is 3.58. The second-order valence-corrected chi connectivity index (χ2v) is 0.346. The number of hydrogen-bond donors (Lipinski definition) is 3. The predicted molar refractivity (Wildman–Crippen MR) is 59.9 cm³/mol. The maximum absolute atomic E-state index is 7.17. The molecule has 3 N–H and O–H groups in total. The second kappa shape index (κ2) is 31.0. The molecule has 0 amide bonds. The van der Waals surface area contributed by atoms with Gasteiger partial charge in [-0.25, -0.2) is 0 Å². The standard InChI is InChI=1S/BH3O3.3BrH.HI.Li.H/c2-1(3)4;;;;;;/h2-4H;4*1H;;/q;;;;;+1;-1. The minimum atomic E-state index is -2.17. The first kappa shape index (κ1) is 41.2. The molecule has 0 bridgehead atoms. The summed E-state index contributed by atoms with van der Waals surface area (Å²) in [7, 11) is -2.17. The van der Waals surface area contributed by atoms with Crippen LogP contribution in [0, 0.1) is 0 Å². The van der Waals surface area contributed by atoms with Crippen LogP contribution in [0.2, 0.25) is 0 Å². The molecule has 0 aliphatic carbocycles. The fraction of sp³-hybridized carbons (Fsp3) is 0. The Bertz CT molecular complexity index is 28.5. The summed E-state index contributed by atoms with van der Waals surface area (Å²) in [6.07, 6.45) is 0. The zero-order valence-corrected chi connectivity index (χ0v) is 12.0. The first-order valence-electron chi connectivity index (χ1n) is 0.775. The molecule has 0 aromatic carbocycles. The van der Waals surface area contributed by atoms with E-state index in [0.717, 1.165) is 0 Å². The summed E-state index contributed by atoms with van der Waals surface area (Å²) in [6.45, 7) is 0. The van der Waals surface area contributed by atoms with Crippen LogP contribution < -0.4 is 18.9 Å². The molecule has 0 atom stereocenters. The van der Waals surface area contributed by atoms with Crippen LogP contribution in [-0.2, 0) is 0 Å². The molecule has 58 valence electrons. The topological polar surface area (TPSA) is 60.7 Å². The Morgan fingerprint density at radius 3 is 0.889 bits per heavy atom. The van der Waals surface area contributed by atoms with Crippen molar-refractivity contribution in [1.29, 1.82) is 0 Å². The first-order valence-corrected chi connectivity index (χ1v) is 0.775. The molecule has 0 aliphatic heterocycles. The molecule has 0 aliphatic rings. The van der Waals surface area contributed by atoms with E-state index in [4.69, 9.17) is 15.1 Å². The molecule has 0 aromatic rings. The van der Waals surface area contributed by atoms with E-state index in [9.17, 15) is 0 Å². The van der Waals surface area contributed by atoms with Gasteiger partial charge in [-0.1, -0.05) is 0 Å². The summed E-state index contributed by atoms with van der Waals surface area (Å²) >= 11 is 0. The molecule has 9 heavy (non-hydrogen) atoms. The van der Waals surface area contributed by atoms with E-state index < -0.39 is 7.32 Å². The molecule has 0 radical (unpaired) electrons.